The van der Waals surface area contributed by atoms with Gasteiger partial charge >= 0.3 is 0 Å². The molecule has 2 rings (SSSR count). The number of halogens is 1. The van der Waals surface area contributed by atoms with Crippen LogP contribution in [0, 0.1) is 11.9 Å². The van der Waals surface area contributed by atoms with Crippen LogP contribution in [0.4, 0.5) is 15.8 Å². The summed E-state index contributed by atoms with van der Waals surface area (Å²) >= 11 is 0. The Morgan fingerprint density at radius 1 is 1.25 bits per heavy atom. The van der Waals surface area contributed by atoms with E-state index in [1.807, 2.05) is 12.1 Å². The van der Waals surface area contributed by atoms with Crippen LogP contribution in [0.2, 0.25) is 0 Å². The topological polar surface area (TPSA) is 21.3 Å². The summed E-state index contributed by atoms with van der Waals surface area (Å²) < 4.78 is 18.1. The van der Waals surface area contributed by atoms with Crippen molar-refractivity contribution >= 4 is 11.4 Å². The molecule has 0 saturated heterocycles. The summed E-state index contributed by atoms with van der Waals surface area (Å²) in [6.07, 6.45) is 0. The molecular formula is C13H11FNO. The van der Waals surface area contributed by atoms with E-state index in [4.69, 9.17) is 4.74 Å². The fourth-order valence-corrected chi connectivity index (χ4v) is 1.40. The first-order valence-corrected chi connectivity index (χ1v) is 4.87. The van der Waals surface area contributed by atoms with Crippen LogP contribution in [0.1, 0.15) is 0 Å². The molecule has 0 bridgehead atoms. The smallest absolute Gasteiger partial charge is 0.142 e. The van der Waals surface area contributed by atoms with Crippen molar-refractivity contribution in [1.82, 2.24) is 0 Å². The summed E-state index contributed by atoms with van der Waals surface area (Å²) in [5, 5.41) is 3.04. The summed E-state index contributed by atoms with van der Waals surface area (Å²) in [4.78, 5) is 0. The van der Waals surface area contributed by atoms with E-state index >= 15 is 0 Å². The van der Waals surface area contributed by atoms with E-state index in [1.54, 1.807) is 25.3 Å². The Kier molecular flexibility index (Phi) is 3.05. The normalized spacial score (nSPS) is 9.88. The predicted molar refractivity (Wildman–Crippen MR) is 61.5 cm³/mol. The van der Waals surface area contributed by atoms with Gasteiger partial charge in [0.25, 0.3) is 0 Å². The van der Waals surface area contributed by atoms with E-state index in [0.29, 0.717) is 17.1 Å². The molecule has 2 nitrogen and oxygen atoms in total. The average Bonchev–Trinajstić information content (AvgIpc) is 2.30. The summed E-state index contributed by atoms with van der Waals surface area (Å²) in [5.74, 6) is 0.395. The third-order valence-corrected chi connectivity index (χ3v) is 2.13. The maximum absolute atomic E-state index is 13.0. The van der Waals surface area contributed by atoms with Crippen molar-refractivity contribution in [2.75, 3.05) is 12.4 Å². The van der Waals surface area contributed by atoms with Gasteiger partial charge in [-0.2, -0.15) is 0 Å². The quantitative estimate of drug-likeness (QED) is 0.849. The molecule has 0 atom stereocenters. The molecular weight excluding hydrogens is 205 g/mol. The van der Waals surface area contributed by atoms with Crippen LogP contribution in [0.15, 0.2) is 42.5 Å². The van der Waals surface area contributed by atoms with Crippen molar-refractivity contribution in [3.05, 3.63) is 54.3 Å². The molecule has 16 heavy (non-hydrogen) atoms. The van der Waals surface area contributed by atoms with Gasteiger partial charge in [0.05, 0.1) is 12.8 Å². The molecule has 0 aliphatic heterocycles. The van der Waals surface area contributed by atoms with Crippen molar-refractivity contribution in [3.8, 4) is 5.75 Å². The van der Waals surface area contributed by atoms with Gasteiger partial charge in [-0.15, -0.1) is 0 Å². The number of hydrogen-bond donors (Lipinski definition) is 1. The van der Waals surface area contributed by atoms with Crippen LogP contribution in [0.5, 0.6) is 5.75 Å². The summed E-state index contributed by atoms with van der Waals surface area (Å²) in [7, 11) is 1.58. The van der Waals surface area contributed by atoms with Gasteiger partial charge in [0, 0.05) is 11.8 Å². The Labute approximate surface area is 93.7 Å². The molecule has 81 valence electrons. The third kappa shape index (κ3) is 2.31. The number of nitrogens with one attached hydrogen (secondary N) is 1. The molecule has 2 aromatic rings. The van der Waals surface area contributed by atoms with Crippen LogP contribution < -0.4 is 10.1 Å². The van der Waals surface area contributed by atoms with Gasteiger partial charge in [-0.1, -0.05) is 18.2 Å². The SMILES string of the molecule is COc1ccc[c]c1Nc1cccc(F)c1. The maximum atomic E-state index is 13.0. The molecule has 2 aromatic carbocycles. The van der Waals surface area contributed by atoms with Crippen LogP contribution in [-0.2, 0) is 0 Å². The minimum atomic E-state index is -0.278. The average molecular weight is 216 g/mol. The van der Waals surface area contributed by atoms with Gasteiger partial charge in [-0.05, 0) is 24.3 Å². The Hall–Kier alpha value is -2.03. The van der Waals surface area contributed by atoms with Crippen LogP contribution in [0.3, 0.4) is 0 Å². The van der Waals surface area contributed by atoms with Crippen molar-refractivity contribution in [1.29, 1.82) is 0 Å². The van der Waals surface area contributed by atoms with Gasteiger partial charge in [-0.25, -0.2) is 4.39 Å². The van der Waals surface area contributed by atoms with Crippen molar-refractivity contribution < 1.29 is 9.13 Å². The number of anilines is 2. The first kappa shape index (κ1) is 10.5. The molecule has 1 N–H and O–H groups in total. The second-order valence-electron chi connectivity index (χ2n) is 3.25. The number of para-hydroxylation sites is 1. The molecule has 0 saturated carbocycles. The molecule has 0 heterocycles. The van der Waals surface area contributed by atoms with Crippen molar-refractivity contribution in [3.63, 3.8) is 0 Å². The zero-order valence-corrected chi connectivity index (χ0v) is 8.83. The second kappa shape index (κ2) is 4.66. The highest BCUT2D eigenvalue weighted by molar-refractivity contribution is 5.65. The third-order valence-electron chi connectivity index (χ3n) is 2.13. The largest absolute Gasteiger partial charge is 0.495 e. The molecule has 3 heteroatoms. The van der Waals surface area contributed by atoms with E-state index in [0.717, 1.165) is 0 Å². The second-order valence-corrected chi connectivity index (χ2v) is 3.25. The lowest BCUT2D eigenvalue weighted by molar-refractivity contribution is 0.416. The molecule has 0 fully saturated rings. The highest BCUT2D eigenvalue weighted by Gasteiger charge is 2.02. The first-order chi connectivity index (χ1) is 7.79. The number of ether oxygens (including phenoxy) is 1. The van der Waals surface area contributed by atoms with Crippen LogP contribution in [0.25, 0.3) is 0 Å². The minimum absolute atomic E-state index is 0.278. The number of methoxy groups -OCH3 is 1. The maximum Gasteiger partial charge on any atom is 0.142 e. The fourth-order valence-electron chi connectivity index (χ4n) is 1.40. The number of benzene rings is 2. The van der Waals surface area contributed by atoms with Crippen molar-refractivity contribution in [2.45, 2.75) is 0 Å². The molecule has 0 spiro atoms. The molecule has 0 amide bonds. The Bertz CT molecular complexity index is 485. The standard InChI is InChI=1S/C13H11FNO/c1-16-13-8-3-2-7-12(13)15-11-6-4-5-10(14)9-11/h2-6,8-9,15H,1H3. The van der Waals surface area contributed by atoms with Crippen LogP contribution in [-0.4, -0.2) is 7.11 Å². The minimum Gasteiger partial charge on any atom is -0.495 e. The van der Waals surface area contributed by atoms with Gasteiger partial charge < -0.3 is 10.1 Å². The molecule has 0 unspecified atom stereocenters. The molecule has 0 aromatic heterocycles. The lowest BCUT2D eigenvalue weighted by Crippen LogP contribution is -1.94. The molecule has 0 aliphatic carbocycles. The first-order valence-electron chi connectivity index (χ1n) is 4.87. The lowest BCUT2D eigenvalue weighted by Gasteiger charge is -2.10. The zero-order chi connectivity index (χ0) is 11.4. The summed E-state index contributed by atoms with van der Waals surface area (Å²) in [6.45, 7) is 0. The number of hydrogen-bond acceptors (Lipinski definition) is 2. The Balaban J connectivity index is 2.26. The van der Waals surface area contributed by atoms with Gasteiger partial charge in [0.2, 0.25) is 0 Å². The van der Waals surface area contributed by atoms with Crippen LogP contribution >= 0.6 is 0 Å². The monoisotopic (exact) mass is 216 g/mol. The predicted octanol–water partition coefficient (Wildman–Crippen LogP) is 3.38. The highest BCUT2D eigenvalue weighted by Crippen LogP contribution is 2.26. The van der Waals surface area contributed by atoms with Gasteiger partial charge in [-0.3, -0.25) is 0 Å². The number of rotatable bonds is 3. The lowest BCUT2D eigenvalue weighted by atomic mass is 10.2. The van der Waals surface area contributed by atoms with E-state index in [9.17, 15) is 4.39 Å². The Morgan fingerprint density at radius 3 is 2.88 bits per heavy atom. The fraction of sp³-hybridized carbons (Fsp3) is 0.0769. The zero-order valence-electron chi connectivity index (χ0n) is 8.83. The molecule has 0 aliphatic rings. The molecule has 1 radical (unpaired) electrons. The van der Waals surface area contributed by atoms with E-state index in [1.165, 1.54) is 12.1 Å². The van der Waals surface area contributed by atoms with Gasteiger partial charge in [0.1, 0.15) is 11.6 Å². The summed E-state index contributed by atoms with van der Waals surface area (Å²) in [6, 6.07) is 14.7. The summed E-state index contributed by atoms with van der Waals surface area (Å²) in [5.41, 5.74) is 1.36. The van der Waals surface area contributed by atoms with E-state index in [2.05, 4.69) is 11.4 Å². The van der Waals surface area contributed by atoms with E-state index in [-0.39, 0.29) is 5.82 Å². The van der Waals surface area contributed by atoms with Crippen molar-refractivity contribution in [2.24, 2.45) is 0 Å². The highest BCUT2D eigenvalue weighted by atomic mass is 19.1. The van der Waals surface area contributed by atoms with Gasteiger partial charge in [0.15, 0.2) is 0 Å². The Morgan fingerprint density at radius 2 is 2.12 bits per heavy atom. The van der Waals surface area contributed by atoms with E-state index < -0.39 is 0 Å².